The molecule has 0 aromatic heterocycles. The molecule has 0 radical (unpaired) electrons. The first-order valence-corrected chi connectivity index (χ1v) is 15.2. The highest BCUT2D eigenvalue weighted by Crippen LogP contribution is 2.60. The first-order chi connectivity index (χ1) is 15.6. The minimum absolute atomic E-state index is 0.212. The van der Waals surface area contributed by atoms with Gasteiger partial charge >= 0.3 is 0 Å². The molecule has 0 spiro atoms. The zero-order valence-electron chi connectivity index (χ0n) is 21.0. The van der Waals surface area contributed by atoms with Gasteiger partial charge in [-0.1, -0.05) is 51.0 Å². The summed E-state index contributed by atoms with van der Waals surface area (Å²) in [6.07, 6.45) is 16.2. The van der Waals surface area contributed by atoms with Crippen molar-refractivity contribution in [3.05, 3.63) is 34.9 Å². The highest BCUT2D eigenvalue weighted by molar-refractivity contribution is 7.92. The molecule has 5 rings (SSSR count). The Hall–Kier alpha value is -1.16. The van der Waals surface area contributed by atoms with Crippen molar-refractivity contribution in [1.29, 1.82) is 0 Å². The van der Waals surface area contributed by atoms with Crippen LogP contribution in [0.15, 0.2) is 34.9 Å². The molecular weight excluding hydrogens is 428 g/mol. The molecule has 0 amide bonds. The topological polar surface area (TPSA) is 51.2 Å². The molecule has 1 aliphatic heterocycles. The van der Waals surface area contributed by atoms with Crippen molar-refractivity contribution in [3.8, 4) is 0 Å². The van der Waals surface area contributed by atoms with Crippen molar-refractivity contribution >= 4 is 15.6 Å². The fourth-order valence-corrected chi connectivity index (χ4v) is 10.3. The van der Waals surface area contributed by atoms with Crippen LogP contribution in [0.3, 0.4) is 0 Å². The van der Waals surface area contributed by atoms with Crippen molar-refractivity contribution < 1.29 is 13.2 Å². The fraction of sp³-hybridized carbons (Fsp3) is 0.759. The minimum Gasteiger partial charge on any atom is -0.295 e. The molecule has 1 unspecified atom stereocenters. The van der Waals surface area contributed by atoms with Gasteiger partial charge in [0.05, 0.1) is 5.75 Å². The number of hydrogen-bond donors (Lipinski definition) is 0. The molecule has 3 fully saturated rings. The predicted octanol–water partition coefficient (Wildman–Crippen LogP) is 6.46. The average Bonchev–Trinajstić information content (AvgIpc) is 3.48. The van der Waals surface area contributed by atoms with Crippen LogP contribution in [0.2, 0.25) is 0 Å². The monoisotopic (exact) mass is 470 g/mol. The molecule has 0 saturated heterocycles. The highest BCUT2D eigenvalue weighted by atomic mass is 32.2. The number of carbonyl (C=O) groups excluding carboxylic acids is 1. The van der Waals surface area contributed by atoms with E-state index in [0.717, 1.165) is 44.9 Å². The largest absolute Gasteiger partial charge is 0.295 e. The van der Waals surface area contributed by atoms with Gasteiger partial charge in [-0.3, -0.25) is 4.79 Å². The molecule has 3 saturated carbocycles. The lowest BCUT2D eigenvalue weighted by Gasteiger charge is -2.44. The summed E-state index contributed by atoms with van der Waals surface area (Å²) in [5.74, 6) is 3.33. The van der Waals surface area contributed by atoms with Crippen LogP contribution >= 0.6 is 0 Å². The van der Waals surface area contributed by atoms with Gasteiger partial charge in [0.25, 0.3) is 0 Å². The van der Waals surface area contributed by atoms with E-state index in [1.165, 1.54) is 29.6 Å². The molecule has 0 aromatic rings. The summed E-state index contributed by atoms with van der Waals surface area (Å²) in [6.45, 7) is 9.24. The van der Waals surface area contributed by atoms with Crippen LogP contribution in [0.25, 0.3) is 0 Å². The fourth-order valence-electron chi connectivity index (χ4n) is 8.14. The Kier molecular flexibility index (Phi) is 6.07. The van der Waals surface area contributed by atoms with E-state index < -0.39 is 9.84 Å². The third-order valence-corrected chi connectivity index (χ3v) is 11.9. The maximum atomic E-state index is 13.3. The molecule has 7 atom stereocenters. The molecule has 0 aromatic carbocycles. The normalized spacial score (nSPS) is 42.5. The second kappa shape index (κ2) is 8.50. The Morgan fingerprint density at radius 3 is 2.61 bits per heavy atom. The molecule has 0 N–H and O–H groups in total. The van der Waals surface area contributed by atoms with Crippen molar-refractivity contribution in [2.45, 2.75) is 90.7 Å². The standard InChI is InChI=1S/C29H42O3S/c1-18-14-20(3)24-17-33(31,32)28(23(24)15-18)16-22-6-5-13-29(4)25(10-11-26(22)29)19(2)7-12-27(30)21-8-9-21/h7,12,16,18-21,25-26,28H,5-6,8-11,13-15,17H2,1-4H3/b12-7+,22-16+/t18-,19+,20-,25?,26-,28+,29+/m0/s1. The van der Waals surface area contributed by atoms with Gasteiger partial charge in [0.2, 0.25) is 0 Å². The quantitative estimate of drug-likeness (QED) is 0.342. The van der Waals surface area contributed by atoms with Crippen molar-refractivity contribution in [2.75, 3.05) is 5.75 Å². The van der Waals surface area contributed by atoms with E-state index in [-0.39, 0.29) is 16.4 Å². The predicted molar refractivity (Wildman–Crippen MR) is 134 cm³/mol. The van der Waals surface area contributed by atoms with Crippen LogP contribution in [0.1, 0.15) is 85.5 Å². The van der Waals surface area contributed by atoms with Crippen LogP contribution < -0.4 is 0 Å². The van der Waals surface area contributed by atoms with Crippen LogP contribution in [0.5, 0.6) is 0 Å². The van der Waals surface area contributed by atoms with E-state index in [1.807, 2.05) is 6.08 Å². The number of rotatable bonds is 5. The summed E-state index contributed by atoms with van der Waals surface area (Å²) in [4.78, 5) is 12.2. The van der Waals surface area contributed by atoms with E-state index in [9.17, 15) is 13.2 Å². The van der Waals surface area contributed by atoms with Crippen LogP contribution in [0, 0.1) is 40.9 Å². The molecule has 5 aliphatic rings. The molecular formula is C29H42O3S. The zero-order chi connectivity index (χ0) is 23.5. The first kappa shape index (κ1) is 23.6. The van der Waals surface area contributed by atoms with Gasteiger partial charge in [-0.05, 0) is 104 Å². The summed E-state index contributed by atoms with van der Waals surface area (Å²) >= 11 is 0. The van der Waals surface area contributed by atoms with E-state index in [2.05, 4.69) is 39.8 Å². The second-order valence-electron chi connectivity index (χ2n) is 12.5. The summed E-state index contributed by atoms with van der Waals surface area (Å²) in [6, 6.07) is 0. The smallest absolute Gasteiger partial charge is 0.164 e. The van der Waals surface area contributed by atoms with Crippen LogP contribution in [0.4, 0.5) is 0 Å². The van der Waals surface area contributed by atoms with Gasteiger partial charge < -0.3 is 0 Å². The highest BCUT2D eigenvalue weighted by Gasteiger charge is 2.51. The second-order valence-corrected chi connectivity index (χ2v) is 14.6. The van der Waals surface area contributed by atoms with Gasteiger partial charge in [-0.25, -0.2) is 8.42 Å². The maximum absolute atomic E-state index is 13.3. The Balaban J connectivity index is 1.40. The molecule has 33 heavy (non-hydrogen) atoms. The lowest BCUT2D eigenvalue weighted by molar-refractivity contribution is -0.115. The number of fused-ring (bicyclic) bond motifs is 1. The number of sulfone groups is 1. The van der Waals surface area contributed by atoms with E-state index >= 15 is 0 Å². The lowest BCUT2D eigenvalue weighted by Crippen LogP contribution is -2.36. The lowest BCUT2D eigenvalue weighted by atomic mass is 9.61. The van der Waals surface area contributed by atoms with Gasteiger partial charge in [0, 0.05) is 5.92 Å². The van der Waals surface area contributed by atoms with Crippen molar-refractivity contribution in [1.82, 2.24) is 0 Å². The SMILES string of the molecule is C[C@@H]1CC2=C(CS(=O)(=O)[C@@H]2/C=C2\CCC[C@]3(C)C([C@H](C)/C=C/C(=O)C4CC4)CC[C@@H]23)[C@@H](C)C1. The number of hydrogen-bond acceptors (Lipinski definition) is 3. The number of carbonyl (C=O) groups is 1. The maximum Gasteiger partial charge on any atom is 0.164 e. The summed E-state index contributed by atoms with van der Waals surface area (Å²) in [5.41, 5.74) is 4.11. The van der Waals surface area contributed by atoms with E-state index in [4.69, 9.17) is 0 Å². The third-order valence-electron chi connectivity index (χ3n) is 10.0. The molecule has 4 heteroatoms. The summed E-state index contributed by atoms with van der Waals surface area (Å²) in [7, 11) is -3.12. The van der Waals surface area contributed by atoms with Crippen LogP contribution in [-0.4, -0.2) is 25.2 Å². The Bertz CT molecular complexity index is 1010. The molecule has 1 heterocycles. The van der Waals surface area contributed by atoms with Gasteiger partial charge in [0.15, 0.2) is 15.6 Å². The van der Waals surface area contributed by atoms with Crippen molar-refractivity contribution in [2.24, 2.45) is 40.9 Å². The summed E-state index contributed by atoms with van der Waals surface area (Å²) in [5, 5.41) is -0.373. The average molecular weight is 471 g/mol. The molecule has 0 bridgehead atoms. The minimum atomic E-state index is -3.12. The summed E-state index contributed by atoms with van der Waals surface area (Å²) < 4.78 is 26.6. The third kappa shape index (κ3) is 4.23. The number of allylic oxidation sites excluding steroid dienone is 3. The van der Waals surface area contributed by atoms with Gasteiger partial charge in [0.1, 0.15) is 5.25 Å². The van der Waals surface area contributed by atoms with Gasteiger partial charge in [-0.15, -0.1) is 0 Å². The van der Waals surface area contributed by atoms with Crippen molar-refractivity contribution in [3.63, 3.8) is 0 Å². The first-order valence-electron chi connectivity index (χ1n) is 13.5. The van der Waals surface area contributed by atoms with Gasteiger partial charge in [-0.2, -0.15) is 0 Å². The van der Waals surface area contributed by atoms with E-state index in [0.29, 0.717) is 41.3 Å². The Labute approximate surface area is 201 Å². The zero-order valence-corrected chi connectivity index (χ0v) is 21.8. The molecule has 4 aliphatic carbocycles. The molecule has 182 valence electrons. The Morgan fingerprint density at radius 2 is 1.88 bits per heavy atom. The molecule has 3 nitrogen and oxygen atoms in total. The van der Waals surface area contributed by atoms with E-state index in [1.54, 1.807) is 0 Å². The van der Waals surface area contributed by atoms with Crippen LogP contribution in [-0.2, 0) is 14.6 Å². The Morgan fingerprint density at radius 1 is 1.12 bits per heavy atom. The number of ketones is 1.